The number of amides is 1. The lowest BCUT2D eigenvalue weighted by Crippen LogP contribution is -2.34. The molecule has 12 heteroatoms. The number of benzene rings is 1. The Kier molecular flexibility index (Phi) is 8.33. The van der Waals surface area contributed by atoms with Crippen LogP contribution in [0.5, 0.6) is 0 Å². The van der Waals surface area contributed by atoms with Crippen LogP contribution in [0.15, 0.2) is 48.8 Å². The highest BCUT2D eigenvalue weighted by molar-refractivity contribution is 7.16. The Labute approximate surface area is 230 Å². The molecule has 3 aromatic rings. The van der Waals surface area contributed by atoms with Gasteiger partial charge in [0, 0.05) is 16.7 Å². The topological polar surface area (TPSA) is 125 Å². The maximum Gasteiger partial charge on any atom is 0.435 e. The second-order valence-electron chi connectivity index (χ2n) is 10.2. The van der Waals surface area contributed by atoms with Gasteiger partial charge in [0.15, 0.2) is 0 Å². The average molecular weight is 559 g/mol. The molecule has 0 fully saturated rings. The molecular weight excluding hydrogens is 528 g/mol. The van der Waals surface area contributed by atoms with Crippen LogP contribution in [-0.4, -0.2) is 43.4 Å². The first-order valence-electron chi connectivity index (χ1n) is 11.7. The van der Waals surface area contributed by atoms with Crippen molar-refractivity contribution in [2.24, 2.45) is 5.73 Å². The van der Waals surface area contributed by atoms with Crippen molar-refractivity contribution in [3.63, 3.8) is 0 Å². The van der Waals surface area contributed by atoms with E-state index in [1.165, 1.54) is 17.2 Å². The SMILES string of the molecule is C=C/C(N)=C\C(=C/C)c1nnc(N(C(=O)OC(C)(C)C)c2ccc3c(cnn3C(=O)OC(C)(C)C)c2Cl)s1. The lowest BCUT2D eigenvalue weighted by atomic mass is 10.2. The number of rotatable bonds is 5. The third kappa shape index (κ3) is 6.59. The van der Waals surface area contributed by atoms with Crippen LogP contribution in [0.3, 0.4) is 0 Å². The molecule has 10 nitrogen and oxygen atoms in total. The minimum Gasteiger partial charge on any atom is -0.443 e. The average Bonchev–Trinajstić information content (AvgIpc) is 3.44. The minimum atomic E-state index is -0.795. The fraction of sp³-hybridized carbons (Fsp3) is 0.346. The van der Waals surface area contributed by atoms with Gasteiger partial charge >= 0.3 is 12.2 Å². The molecule has 2 N–H and O–H groups in total. The van der Waals surface area contributed by atoms with Crippen molar-refractivity contribution in [1.29, 1.82) is 0 Å². The first-order chi connectivity index (χ1) is 17.6. The van der Waals surface area contributed by atoms with Gasteiger partial charge in [0.05, 0.1) is 22.4 Å². The molecule has 0 aliphatic carbocycles. The second kappa shape index (κ2) is 11.0. The Hall–Kier alpha value is -3.70. The molecule has 0 saturated heterocycles. The van der Waals surface area contributed by atoms with E-state index in [1.807, 2.05) is 13.0 Å². The Bertz CT molecular complexity index is 1440. The zero-order valence-electron chi connectivity index (χ0n) is 22.4. The molecule has 0 saturated carbocycles. The first-order valence-corrected chi connectivity index (χ1v) is 12.9. The van der Waals surface area contributed by atoms with Crippen molar-refractivity contribution in [2.45, 2.75) is 59.7 Å². The standard InChI is InChI=1S/C26H31ClN6O4S/c1-9-15(13-16(28)10-2)21-30-31-22(38-21)32(23(34)36-25(3,4)5)19-12-11-18-17(20(19)27)14-29-33(18)24(35)37-26(6,7)8/h9-14H,2,28H2,1,3-8H3/b15-9+,16-13+. The van der Waals surface area contributed by atoms with Crippen LogP contribution in [0, 0.1) is 0 Å². The van der Waals surface area contributed by atoms with Gasteiger partial charge in [-0.1, -0.05) is 35.6 Å². The molecule has 1 amide bonds. The van der Waals surface area contributed by atoms with Crippen molar-refractivity contribution >= 4 is 62.4 Å². The van der Waals surface area contributed by atoms with E-state index < -0.39 is 23.4 Å². The molecule has 0 aliphatic rings. The number of carbonyl (C=O) groups excluding carboxylic acids is 2. The van der Waals surface area contributed by atoms with Crippen LogP contribution in [0.25, 0.3) is 16.5 Å². The van der Waals surface area contributed by atoms with Crippen LogP contribution in [0.1, 0.15) is 53.5 Å². The molecule has 0 aliphatic heterocycles. The van der Waals surface area contributed by atoms with E-state index in [-0.39, 0.29) is 15.8 Å². The van der Waals surface area contributed by atoms with E-state index in [0.29, 0.717) is 27.2 Å². The van der Waals surface area contributed by atoms with Gasteiger partial charge in [0.25, 0.3) is 0 Å². The Morgan fingerprint density at radius 3 is 2.37 bits per heavy atom. The number of halogens is 1. The van der Waals surface area contributed by atoms with E-state index in [9.17, 15) is 9.59 Å². The molecule has 0 spiro atoms. The molecule has 0 unspecified atom stereocenters. The third-order valence-electron chi connectivity index (χ3n) is 4.77. The van der Waals surface area contributed by atoms with Crippen LogP contribution < -0.4 is 10.6 Å². The molecule has 2 aromatic heterocycles. The largest absolute Gasteiger partial charge is 0.443 e. The molecule has 0 atom stereocenters. The number of nitrogens with zero attached hydrogens (tertiary/aromatic N) is 5. The van der Waals surface area contributed by atoms with Crippen LogP contribution in [-0.2, 0) is 9.47 Å². The lowest BCUT2D eigenvalue weighted by Gasteiger charge is -2.26. The Balaban J connectivity index is 2.13. The molecule has 1 aromatic carbocycles. The summed E-state index contributed by atoms with van der Waals surface area (Å²) in [7, 11) is 0. The molecule has 202 valence electrons. The zero-order valence-corrected chi connectivity index (χ0v) is 24.0. The van der Waals surface area contributed by atoms with Gasteiger partial charge in [0.1, 0.15) is 16.2 Å². The number of nitrogens with two attached hydrogens (primary N) is 1. The monoisotopic (exact) mass is 558 g/mol. The Morgan fingerprint density at radius 2 is 1.79 bits per heavy atom. The smallest absolute Gasteiger partial charge is 0.435 e. The van der Waals surface area contributed by atoms with Gasteiger partial charge < -0.3 is 15.2 Å². The van der Waals surface area contributed by atoms with Gasteiger partial charge in [-0.2, -0.15) is 9.78 Å². The van der Waals surface area contributed by atoms with Gasteiger partial charge in [-0.25, -0.2) is 14.5 Å². The summed E-state index contributed by atoms with van der Waals surface area (Å²) < 4.78 is 12.2. The summed E-state index contributed by atoms with van der Waals surface area (Å²) in [5, 5.41) is 14.0. The van der Waals surface area contributed by atoms with Gasteiger partial charge in [0.2, 0.25) is 5.13 Å². The number of carbonyl (C=O) groups is 2. The number of allylic oxidation sites excluding steroid dienone is 4. The van der Waals surface area contributed by atoms with Crippen molar-refractivity contribution in [3.05, 3.63) is 58.9 Å². The van der Waals surface area contributed by atoms with Gasteiger partial charge in [-0.05, 0) is 72.8 Å². The summed E-state index contributed by atoms with van der Waals surface area (Å²) in [5.41, 5.74) is 6.25. The first kappa shape index (κ1) is 28.9. The van der Waals surface area contributed by atoms with Gasteiger partial charge in [-0.3, -0.25) is 0 Å². The molecular formula is C26H31ClN6O4S. The number of hydrogen-bond donors (Lipinski definition) is 1. The number of aromatic nitrogens is 4. The summed E-state index contributed by atoms with van der Waals surface area (Å²) in [6.07, 6.45) is 5.13. The normalized spacial score (nSPS) is 12.9. The predicted molar refractivity (Wildman–Crippen MR) is 151 cm³/mol. The molecule has 3 rings (SSSR count). The highest BCUT2D eigenvalue weighted by atomic mass is 35.5. The summed E-state index contributed by atoms with van der Waals surface area (Å²) in [5.74, 6) is 0. The van der Waals surface area contributed by atoms with Crippen molar-refractivity contribution in [2.75, 3.05) is 4.90 Å². The summed E-state index contributed by atoms with van der Waals surface area (Å²) in [6.45, 7) is 16.0. The van der Waals surface area contributed by atoms with Crippen LogP contribution in [0.4, 0.5) is 20.4 Å². The van der Waals surface area contributed by atoms with Crippen molar-refractivity contribution in [1.82, 2.24) is 20.0 Å². The molecule has 2 heterocycles. The van der Waals surface area contributed by atoms with Crippen LogP contribution >= 0.6 is 22.9 Å². The maximum absolute atomic E-state index is 13.4. The number of fused-ring (bicyclic) bond motifs is 1. The minimum absolute atomic E-state index is 0.168. The molecule has 38 heavy (non-hydrogen) atoms. The summed E-state index contributed by atoms with van der Waals surface area (Å²) >= 11 is 7.94. The van der Waals surface area contributed by atoms with Gasteiger partial charge in [-0.15, -0.1) is 10.2 Å². The number of hydrogen-bond acceptors (Lipinski definition) is 9. The highest BCUT2D eigenvalue weighted by Gasteiger charge is 2.31. The van der Waals surface area contributed by atoms with Crippen molar-refractivity contribution in [3.8, 4) is 0 Å². The van der Waals surface area contributed by atoms with E-state index in [1.54, 1.807) is 59.8 Å². The molecule has 0 radical (unpaired) electrons. The van der Waals surface area contributed by atoms with E-state index in [2.05, 4.69) is 21.9 Å². The Morgan fingerprint density at radius 1 is 1.13 bits per heavy atom. The summed E-state index contributed by atoms with van der Waals surface area (Å²) in [6, 6.07) is 3.21. The summed E-state index contributed by atoms with van der Waals surface area (Å²) in [4.78, 5) is 27.3. The third-order valence-corrected chi connectivity index (χ3v) is 6.13. The predicted octanol–water partition coefficient (Wildman–Crippen LogP) is 6.83. The molecule has 0 bridgehead atoms. The van der Waals surface area contributed by atoms with Crippen LogP contribution in [0.2, 0.25) is 5.02 Å². The van der Waals surface area contributed by atoms with Crippen molar-refractivity contribution < 1.29 is 19.1 Å². The van der Waals surface area contributed by atoms with E-state index in [0.717, 1.165) is 16.0 Å². The lowest BCUT2D eigenvalue weighted by molar-refractivity contribution is 0.0521. The number of anilines is 2. The fourth-order valence-corrected chi connectivity index (χ4v) is 4.38. The zero-order chi connectivity index (χ0) is 28.4. The quantitative estimate of drug-likeness (QED) is 0.338. The highest BCUT2D eigenvalue weighted by Crippen LogP contribution is 2.40. The van der Waals surface area contributed by atoms with E-state index in [4.69, 9.17) is 26.8 Å². The second-order valence-corrected chi connectivity index (χ2v) is 11.5. The maximum atomic E-state index is 13.4. The number of ether oxygens (including phenoxy) is 2. The van der Waals surface area contributed by atoms with E-state index >= 15 is 0 Å². The fourth-order valence-electron chi connectivity index (χ4n) is 3.20.